The number of ether oxygens (including phenoxy) is 1. The Labute approximate surface area is 122 Å². The van der Waals surface area contributed by atoms with E-state index in [1.54, 1.807) is 6.20 Å². The maximum atomic E-state index is 5.75. The van der Waals surface area contributed by atoms with Crippen LogP contribution in [0.1, 0.15) is 18.9 Å². The highest BCUT2D eigenvalue weighted by Gasteiger charge is 1.99. The summed E-state index contributed by atoms with van der Waals surface area (Å²) < 4.78 is 6.77. The summed E-state index contributed by atoms with van der Waals surface area (Å²) in [5.74, 6) is 1.76. The molecule has 0 amide bonds. The average Bonchev–Trinajstić information content (AvgIpc) is 2.43. The number of anilines is 1. The molecule has 2 aromatic rings. The Kier molecular flexibility index (Phi) is 5.21. The molecule has 0 saturated heterocycles. The van der Waals surface area contributed by atoms with Crippen LogP contribution in [0.5, 0.6) is 5.75 Å². The summed E-state index contributed by atoms with van der Waals surface area (Å²) in [4.78, 5) is 4.27. The smallest absolute Gasteiger partial charge is 0.126 e. The second-order valence-corrected chi connectivity index (χ2v) is 5.14. The maximum Gasteiger partial charge on any atom is 0.126 e. The molecule has 1 aromatic carbocycles. The van der Waals surface area contributed by atoms with Crippen molar-refractivity contribution < 1.29 is 4.74 Å². The van der Waals surface area contributed by atoms with Gasteiger partial charge in [-0.3, -0.25) is 0 Å². The van der Waals surface area contributed by atoms with Gasteiger partial charge in [0.2, 0.25) is 0 Å². The van der Waals surface area contributed by atoms with Crippen LogP contribution in [-0.4, -0.2) is 11.5 Å². The van der Waals surface area contributed by atoms with E-state index in [4.69, 9.17) is 4.74 Å². The molecule has 3 nitrogen and oxygen atoms in total. The van der Waals surface area contributed by atoms with Gasteiger partial charge in [-0.15, -0.1) is 0 Å². The molecule has 0 fully saturated rings. The SMILES string of the molecule is CCCNc1cc(COc2cccc(Br)c2)ccn1. The monoisotopic (exact) mass is 320 g/mol. The molecule has 1 N–H and O–H groups in total. The summed E-state index contributed by atoms with van der Waals surface area (Å²) in [5, 5.41) is 3.27. The number of nitrogens with one attached hydrogen (secondary N) is 1. The zero-order valence-corrected chi connectivity index (χ0v) is 12.5. The molecule has 100 valence electrons. The van der Waals surface area contributed by atoms with Crippen LogP contribution < -0.4 is 10.1 Å². The van der Waals surface area contributed by atoms with Crippen LogP contribution in [0.2, 0.25) is 0 Å². The van der Waals surface area contributed by atoms with Crippen molar-refractivity contribution in [2.45, 2.75) is 20.0 Å². The normalized spacial score (nSPS) is 10.2. The van der Waals surface area contributed by atoms with E-state index >= 15 is 0 Å². The number of hydrogen-bond donors (Lipinski definition) is 1. The molecule has 0 saturated carbocycles. The van der Waals surface area contributed by atoms with E-state index < -0.39 is 0 Å². The van der Waals surface area contributed by atoms with Crippen LogP contribution in [0.15, 0.2) is 47.1 Å². The minimum atomic E-state index is 0.541. The second kappa shape index (κ2) is 7.14. The van der Waals surface area contributed by atoms with E-state index in [0.717, 1.165) is 34.6 Å². The van der Waals surface area contributed by atoms with Gasteiger partial charge in [-0.2, -0.15) is 0 Å². The van der Waals surface area contributed by atoms with Gasteiger partial charge >= 0.3 is 0 Å². The number of pyridine rings is 1. The zero-order chi connectivity index (χ0) is 13.5. The van der Waals surface area contributed by atoms with Crippen LogP contribution in [0, 0.1) is 0 Å². The zero-order valence-electron chi connectivity index (χ0n) is 10.9. The van der Waals surface area contributed by atoms with E-state index in [2.05, 4.69) is 33.2 Å². The lowest BCUT2D eigenvalue weighted by Crippen LogP contribution is -2.03. The first-order valence-electron chi connectivity index (χ1n) is 6.35. The van der Waals surface area contributed by atoms with Gasteiger partial charge in [0.1, 0.15) is 18.2 Å². The topological polar surface area (TPSA) is 34.1 Å². The van der Waals surface area contributed by atoms with Gasteiger partial charge in [0.25, 0.3) is 0 Å². The van der Waals surface area contributed by atoms with E-state index in [-0.39, 0.29) is 0 Å². The number of nitrogens with zero attached hydrogens (tertiary/aromatic N) is 1. The van der Waals surface area contributed by atoms with Crippen molar-refractivity contribution in [1.82, 2.24) is 4.98 Å². The Bertz CT molecular complexity index is 531. The number of rotatable bonds is 6. The molecule has 2 rings (SSSR count). The van der Waals surface area contributed by atoms with Gasteiger partial charge < -0.3 is 10.1 Å². The highest BCUT2D eigenvalue weighted by atomic mass is 79.9. The van der Waals surface area contributed by atoms with Gasteiger partial charge in [-0.05, 0) is 42.3 Å². The van der Waals surface area contributed by atoms with Crippen LogP contribution >= 0.6 is 15.9 Å². The standard InChI is InChI=1S/C15H17BrN2O/c1-2-7-17-15-9-12(6-8-18-15)11-19-14-5-3-4-13(16)10-14/h3-6,8-10H,2,7,11H2,1H3,(H,17,18). The Morgan fingerprint density at radius 2 is 2.16 bits per heavy atom. The average molecular weight is 321 g/mol. The Hall–Kier alpha value is -1.55. The first kappa shape index (κ1) is 13.9. The number of halogens is 1. The van der Waals surface area contributed by atoms with Gasteiger partial charge in [-0.1, -0.05) is 28.9 Å². The lowest BCUT2D eigenvalue weighted by molar-refractivity contribution is 0.306. The van der Waals surface area contributed by atoms with Crippen LogP contribution in [0.25, 0.3) is 0 Å². The van der Waals surface area contributed by atoms with E-state index in [9.17, 15) is 0 Å². The lowest BCUT2D eigenvalue weighted by atomic mass is 10.2. The number of aromatic nitrogens is 1. The predicted octanol–water partition coefficient (Wildman–Crippen LogP) is 4.25. The molecule has 0 radical (unpaired) electrons. The van der Waals surface area contributed by atoms with Crippen molar-refractivity contribution in [3.8, 4) is 5.75 Å². The lowest BCUT2D eigenvalue weighted by Gasteiger charge is -2.08. The van der Waals surface area contributed by atoms with Crippen molar-refractivity contribution in [3.63, 3.8) is 0 Å². The van der Waals surface area contributed by atoms with Gasteiger partial charge in [-0.25, -0.2) is 4.98 Å². The molecular formula is C15H17BrN2O. The molecule has 0 aliphatic carbocycles. The molecule has 19 heavy (non-hydrogen) atoms. The summed E-state index contributed by atoms with van der Waals surface area (Å²) in [6.07, 6.45) is 2.89. The largest absolute Gasteiger partial charge is 0.489 e. The van der Waals surface area contributed by atoms with Crippen molar-refractivity contribution in [3.05, 3.63) is 52.6 Å². The first-order valence-corrected chi connectivity index (χ1v) is 7.14. The van der Waals surface area contributed by atoms with Gasteiger partial charge in [0, 0.05) is 17.2 Å². The van der Waals surface area contributed by atoms with E-state index in [1.807, 2.05) is 36.4 Å². The fourth-order valence-corrected chi connectivity index (χ4v) is 2.02. The quantitative estimate of drug-likeness (QED) is 0.864. The van der Waals surface area contributed by atoms with Crippen molar-refractivity contribution in [1.29, 1.82) is 0 Å². The van der Waals surface area contributed by atoms with Crippen LogP contribution in [0.3, 0.4) is 0 Å². The minimum Gasteiger partial charge on any atom is -0.489 e. The van der Waals surface area contributed by atoms with Gasteiger partial charge in [0.05, 0.1) is 0 Å². The first-order chi connectivity index (χ1) is 9.28. The Balaban J connectivity index is 1.95. The molecule has 1 aromatic heterocycles. The highest BCUT2D eigenvalue weighted by molar-refractivity contribution is 9.10. The van der Waals surface area contributed by atoms with Crippen LogP contribution in [-0.2, 0) is 6.61 Å². The third kappa shape index (κ3) is 4.56. The highest BCUT2D eigenvalue weighted by Crippen LogP contribution is 2.19. The summed E-state index contributed by atoms with van der Waals surface area (Å²) in [5.41, 5.74) is 1.11. The summed E-state index contributed by atoms with van der Waals surface area (Å²) in [6, 6.07) is 11.8. The molecule has 0 atom stereocenters. The molecule has 0 bridgehead atoms. The van der Waals surface area contributed by atoms with Crippen molar-refractivity contribution in [2.75, 3.05) is 11.9 Å². The number of benzene rings is 1. The molecule has 1 heterocycles. The molecular weight excluding hydrogens is 304 g/mol. The Morgan fingerprint density at radius 1 is 1.26 bits per heavy atom. The number of hydrogen-bond acceptors (Lipinski definition) is 3. The molecule has 0 spiro atoms. The van der Waals surface area contributed by atoms with Crippen molar-refractivity contribution >= 4 is 21.7 Å². The minimum absolute atomic E-state index is 0.541. The predicted molar refractivity (Wildman–Crippen MR) is 81.5 cm³/mol. The van der Waals surface area contributed by atoms with E-state index in [1.165, 1.54) is 0 Å². The van der Waals surface area contributed by atoms with E-state index in [0.29, 0.717) is 6.61 Å². The summed E-state index contributed by atoms with van der Waals surface area (Å²) in [7, 11) is 0. The second-order valence-electron chi connectivity index (χ2n) is 4.22. The van der Waals surface area contributed by atoms with Crippen molar-refractivity contribution in [2.24, 2.45) is 0 Å². The van der Waals surface area contributed by atoms with Gasteiger partial charge in [0.15, 0.2) is 0 Å². The fourth-order valence-electron chi connectivity index (χ4n) is 1.64. The molecule has 4 heteroatoms. The summed E-state index contributed by atoms with van der Waals surface area (Å²) >= 11 is 3.43. The Morgan fingerprint density at radius 3 is 2.95 bits per heavy atom. The maximum absolute atomic E-state index is 5.75. The fraction of sp³-hybridized carbons (Fsp3) is 0.267. The third-order valence-electron chi connectivity index (χ3n) is 2.58. The molecule has 0 unspecified atom stereocenters. The van der Waals surface area contributed by atoms with Crippen LogP contribution in [0.4, 0.5) is 5.82 Å². The molecule has 0 aliphatic heterocycles. The summed E-state index contributed by atoms with van der Waals surface area (Å²) in [6.45, 7) is 3.61. The third-order valence-corrected chi connectivity index (χ3v) is 3.08. The molecule has 0 aliphatic rings.